The van der Waals surface area contributed by atoms with Gasteiger partial charge in [-0.3, -0.25) is 4.42 Å². The Labute approximate surface area is 34.7 Å². The zero-order valence-corrected chi connectivity index (χ0v) is 3.05. The summed E-state index contributed by atoms with van der Waals surface area (Å²) in [5.41, 5.74) is 0. The second-order valence-electron chi connectivity index (χ2n) is 0.891. The van der Waals surface area contributed by atoms with E-state index in [1.807, 2.05) is 0 Å². The second kappa shape index (κ2) is 1.08. The van der Waals surface area contributed by atoms with Crippen molar-refractivity contribution in [2.45, 2.75) is 0 Å². The zero-order valence-electron chi connectivity index (χ0n) is 3.05. The normalized spacial score (nSPS) is 18.3. The number of hydrogen-bond donors (Lipinski definition) is 0. The molecule has 0 saturated heterocycles. The van der Waals surface area contributed by atoms with Gasteiger partial charge >= 0.3 is 6.09 Å². The molecule has 0 atom stereocenters. The van der Waals surface area contributed by atoms with Gasteiger partial charge in [-0.15, -0.1) is 0 Å². The summed E-state index contributed by atoms with van der Waals surface area (Å²) in [4.78, 5) is 9.82. The Hall–Kier alpha value is -0.860. The van der Waals surface area contributed by atoms with Crippen LogP contribution in [-0.2, 0) is 4.42 Å². The number of carbonyl (C=O) groups is 1. The van der Waals surface area contributed by atoms with Gasteiger partial charge in [-0.2, -0.15) is 0 Å². The van der Waals surface area contributed by atoms with E-state index >= 15 is 0 Å². The highest BCUT2D eigenvalue weighted by molar-refractivity contribution is 5.89. The lowest BCUT2D eigenvalue weighted by Gasteiger charge is -1.85. The molecular formula is C3H3NO2. The molecule has 1 rings (SSSR count). The van der Waals surface area contributed by atoms with Gasteiger partial charge in [0.15, 0.2) is 6.29 Å². The largest absolute Gasteiger partial charge is 0.548 e. The number of carbonyl (C=O) groups excluding carboxylic acids is 2. The Morgan fingerprint density at radius 2 is 2.83 bits per heavy atom. The molecular weight excluding hydrogens is 82.0 g/mol. The molecule has 3 nitrogen and oxygen atoms in total. The smallest absolute Gasteiger partial charge is 0.522 e. The predicted molar refractivity (Wildman–Crippen MR) is 19.7 cm³/mol. The lowest BCUT2D eigenvalue weighted by Crippen LogP contribution is -1.79. The summed E-state index contributed by atoms with van der Waals surface area (Å²) >= 11 is 0. The summed E-state index contributed by atoms with van der Waals surface area (Å²) < 4.78 is 4.22. The summed E-state index contributed by atoms with van der Waals surface area (Å²) in [6.07, 6.45) is 0.887. The van der Waals surface area contributed by atoms with E-state index in [2.05, 4.69) is 9.74 Å². The van der Waals surface area contributed by atoms with Crippen LogP contribution >= 0.6 is 0 Å². The fourth-order valence-electron chi connectivity index (χ4n) is 0.258. The van der Waals surface area contributed by atoms with Gasteiger partial charge in [-0.05, 0) is 6.54 Å². The Morgan fingerprint density at radius 3 is 3.00 bits per heavy atom. The minimum atomic E-state index is -0.477. The fraction of sp³-hybridized carbons (Fsp3) is 0.333. The molecule has 0 N–H and O–H groups in total. The fourth-order valence-corrected chi connectivity index (χ4v) is 0.258. The molecule has 0 radical (unpaired) electrons. The number of nitrogens with zero attached hydrogens (tertiary/aromatic N) is 1. The Kier molecular flexibility index (Phi) is 0.602. The Morgan fingerprint density at radius 1 is 2.00 bits per heavy atom. The number of aldehydes is 1. The van der Waals surface area contributed by atoms with Crippen molar-refractivity contribution in [3.63, 3.8) is 0 Å². The van der Waals surface area contributed by atoms with Crippen LogP contribution in [-0.4, -0.2) is 18.9 Å². The molecule has 32 valence electrons. The highest BCUT2D eigenvalue weighted by atomic mass is 16.5. The third-order valence-corrected chi connectivity index (χ3v) is 0.479. The van der Waals surface area contributed by atoms with Gasteiger partial charge in [-0.1, -0.05) is 0 Å². The van der Waals surface area contributed by atoms with E-state index in [0.717, 1.165) is 0 Å². The average Bonchev–Trinajstić information content (AvgIpc) is 1.86. The molecule has 1 heterocycles. The maximum atomic E-state index is 9.82. The van der Waals surface area contributed by atoms with E-state index in [4.69, 9.17) is 0 Å². The molecule has 0 bridgehead atoms. The first-order valence-corrected chi connectivity index (χ1v) is 1.59. The molecule has 0 aromatic carbocycles. The number of hydrogen-bond acceptors (Lipinski definition) is 1. The van der Waals surface area contributed by atoms with Crippen molar-refractivity contribution in [2.24, 2.45) is 0 Å². The van der Waals surface area contributed by atoms with Crippen LogP contribution in [0.2, 0.25) is 0 Å². The van der Waals surface area contributed by atoms with Gasteiger partial charge in [0.2, 0.25) is 0 Å². The van der Waals surface area contributed by atoms with E-state index in [9.17, 15) is 4.79 Å². The van der Waals surface area contributed by atoms with Gasteiger partial charge in [0, 0.05) is 4.79 Å². The maximum absolute atomic E-state index is 9.82. The molecule has 3 heteroatoms. The Balaban J connectivity index is 2.59. The molecule has 0 saturated carbocycles. The van der Waals surface area contributed by atoms with Crippen LogP contribution in [0.4, 0.5) is 4.79 Å². The average molecular weight is 85.1 g/mol. The van der Waals surface area contributed by atoms with E-state index in [1.165, 1.54) is 6.29 Å². The molecule has 6 heavy (non-hydrogen) atoms. The van der Waals surface area contributed by atoms with Crippen molar-refractivity contribution >= 4 is 12.4 Å². The van der Waals surface area contributed by atoms with Crippen LogP contribution in [0.1, 0.15) is 0 Å². The topological polar surface area (TPSA) is 42.5 Å². The van der Waals surface area contributed by atoms with Gasteiger partial charge in [-0.25, -0.2) is 0 Å². The molecule has 0 fully saturated rings. The van der Waals surface area contributed by atoms with Crippen LogP contribution in [0.3, 0.4) is 0 Å². The van der Waals surface area contributed by atoms with Crippen LogP contribution in [0.25, 0.3) is 5.32 Å². The van der Waals surface area contributed by atoms with Crippen molar-refractivity contribution < 1.29 is 9.22 Å². The summed E-state index contributed by atoms with van der Waals surface area (Å²) in [5.74, 6) is 0. The first kappa shape index (κ1) is 3.33. The minimum absolute atomic E-state index is 0.416. The second-order valence-corrected chi connectivity index (χ2v) is 0.891. The summed E-state index contributed by atoms with van der Waals surface area (Å²) in [7, 11) is 0. The van der Waals surface area contributed by atoms with Crippen LogP contribution in [0, 0.1) is 0 Å². The zero-order chi connectivity index (χ0) is 4.41. The predicted octanol–water partition coefficient (Wildman–Crippen LogP) is 0.228. The molecule has 0 aromatic rings. The number of amides is 1. The van der Waals surface area contributed by atoms with Crippen molar-refractivity contribution in [3.8, 4) is 0 Å². The van der Waals surface area contributed by atoms with E-state index in [1.54, 1.807) is 0 Å². The molecule has 0 aromatic heterocycles. The van der Waals surface area contributed by atoms with Crippen LogP contribution < -0.4 is 0 Å². The summed E-state index contributed by atoms with van der Waals surface area (Å²) in [5, 5.41) is 3.32. The monoisotopic (exact) mass is 85.0 g/mol. The number of rotatable bonds is 0. The van der Waals surface area contributed by atoms with Crippen molar-refractivity contribution in [1.29, 1.82) is 0 Å². The first-order chi connectivity index (χ1) is 2.89. The van der Waals surface area contributed by atoms with Gasteiger partial charge in [0.05, 0.1) is 0 Å². The molecule has 0 aliphatic carbocycles. The van der Waals surface area contributed by atoms with Crippen molar-refractivity contribution in [3.05, 3.63) is 5.32 Å². The molecule has 1 amide bonds. The minimum Gasteiger partial charge on any atom is -0.548 e. The van der Waals surface area contributed by atoms with E-state index in [0.29, 0.717) is 6.54 Å². The van der Waals surface area contributed by atoms with Crippen LogP contribution in [0.15, 0.2) is 0 Å². The summed E-state index contributed by atoms with van der Waals surface area (Å²) in [6, 6.07) is 0. The van der Waals surface area contributed by atoms with E-state index < -0.39 is 6.09 Å². The lowest BCUT2D eigenvalue weighted by atomic mass is 10.8. The lowest BCUT2D eigenvalue weighted by molar-refractivity contribution is -0.324. The molecule has 1 aliphatic heterocycles. The Bertz CT molecular complexity index is 97.0. The van der Waals surface area contributed by atoms with Gasteiger partial charge in [0.25, 0.3) is 0 Å². The van der Waals surface area contributed by atoms with Crippen molar-refractivity contribution in [2.75, 3.05) is 6.54 Å². The third-order valence-electron chi connectivity index (χ3n) is 0.479. The highest BCUT2D eigenvalue weighted by Crippen LogP contribution is 1.90. The first-order valence-electron chi connectivity index (χ1n) is 1.59. The highest BCUT2D eigenvalue weighted by Gasteiger charge is 2.00. The van der Waals surface area contributed by atoms with Crippen LogP contribution in [0.5, 0.6) is 0 Å². The van der Waals surface area contributed by atoms with Crippen molar-refractivity contribution in [1.82, 2.24) is 0 Å². The SMILES string of the molecule is O=C1[N-]CC=[O+]1. The van der Waals surface area contributed by atoms with Gasteiger partial charge in [0.1, 0.15) is 0 Å². The molecule has 1 aliphatic rings. The third kappa shape index (κ3) is 0.381. The molecule has 0 spiro atoms. The molecule has 0 unspecified atom stereocenters. The van der Waals surface area contributed by atoms with Gasteiger partial charge < -0.3 is 5.32 Å². The quantitative estimate of drug-likeness (QED) is 0.306. The standard InChI is InChI=1S/C3H3NO2/c5-3-4-1-2-6-3/h2H,1H2. The van der Waals surface area contributed by atoms with E-state index in [-0.39, 0.29) is 0 Å². The maximum Gasteiger partial charge on any atom is 0.522 e. The summed E-state index contributed by atoms with van der Waals surface area (Å²) in [6.45, 7) is 0.416.